The molecule has 0 aliphatic carbocycles. The normalized spacial score (nSPS) is 11.1. The fraction of sp³-hybridized carbons (Fsp3) is 0.222. The van der Waals surface area contributed by atoms with Gasteiger partial charge < -0.3 is 4.74 Å². The van der Waals surface area contributed by atoms with Crippen molar-refractivity contribution in [2.24, 2.45) is 0 Å². The van der Waals surface area contributed by atoms with Gasteiger partial charge in [0, 0.05) is 4.90 Å². The highest BCUT2D eigenvalue weighted by atomic mass is 32.2. The molecule has 0 fully saturated rings. The van der Waals surface area contributed by atoms with E-state index in [9.17, 15) is 8.42 Å². The number of sulfonamides is 1. The van der Waals surface area contributed by atoms with E-state index in [0.29, 0.717) is 11.4 Å². The quantitative estimate of drug-likeness (QED) is 0.549. The fourth-order valence-corrected chi connectivity index (χ4v) is 4.16. The fourth-order valence-electron chi connectivity index (χ4n) is 2.31. The summed E-state index contributed by atoms with van der Waals surface area (Å²) in [4.78, 5) is 1.25. The number of nitrogens with zero attached hydrogens (tertiary/aromatic N) is 1. The molecule has 0 aromatic heterocycles. The first kappa shape index (κ1) is 18.4. The molecule has 128 valence electrons. The van der Waals surface area contributed by atoms with E-state index in [4.69, 9.17) is 4.74 Å². The summed E-state index contributed by atoms with van der Waals surface area (Å²) in [6.45, 7) is 5.76. The van der Waals surface area contributed by atoms with Crippen LogP contribution in [0.5, 0.6) is 5.75 Å². The van der Waals surface area contributed by atoms with Gasteiger partial charge in [-0.3, -0.25) is 4.31 Å². The summed E-state index contributed by atoms with van der Waals surface area (Å²) in [6.07, 6.45) is 3.51. The highest BCUT2D eigenvalue weighted by molar-refractivity contribution is 7.98. The number of thioether (sulfide) groups is 1. The topological polar surface area (TPSA) is 46.6 Å². The summed E-state index contributed by atoms with van der Waals surface area (Å²) in [5, 5.41) is 0. The predicted octanol–water partition coefficient (Wildman–Crippen LogP) is 4.11. The van der Waals surface area contributed by atoms with E-state index in [1.165, 1.54) is 11.4 Å². The standard InChI is InChI=1S/C18H21NO3S2/c1-5-12-19(17-13-14(2)6-11-18(17)22-3)24(20,21)16-9-7-15(23-4)8-10-16/h5-11,13H,1,12H2,2-4H3. The van der Waals surface area contributed by atoms with Crippen LogP contribution in [-0.4, -0.2) is 28.3 Å². The van der Waals surface area contributed by atoms with Crippen molar-refractivity contribution < 1.29 is 13.2 Å². The van der Waals surface area contributed by atoms with Crippen molar-refractivity contribution in [3.63, 3.8) is 0 Å². The van der Waals surface area contributed by atoms with Crippen LogP contribution in [0.1, 0.15) is 5.56 Å². The van der Waals surface area contributed by atoms with Crippen LogP contribution in [-0.2, 0) is 10.0 Å². The van der Waals surface area contributed by atoms with Crippen molar-refractivity contribution in [3.05, 3.63) is 60.7 Å². The van der Waals surface area contributed by atoms with Crippen molar-refractivity contribution in [2.75, 3.05) is 24.2 Å². The largest absolute Gasteiger partial charge is 0.495 e. The zero-order valence-electron chi connectivity index (χ0n) is 14.0. The van der Waals surface area contributed by atoms with Crippen molar-refractivity contribution in [2.45, 2.75) is 16.7 Å². The van der Waals surface area contributed by atoms with E-state index in [-0.39, 0.29) is 11.4 Å². The first-order chi connectivity index (χ1) is 11.4. The van der Waals surface area contributed by atoms with Gasteiger partial charge >= 0.3 is 0 Å². The van der Waals surface area contributed by atoms with Crippen LogP contribution in [0.3, 0.4) is 0 Å². The highest BCUT2D eigenvalue weighted by Gasteiger charge is 2.26. The Morgan fingerprint density at radius 1 is 1.21 bits per heavy atom. The number of benzene rings is 2. The Hall–Kier alpha value is -1.92. The molecule has 4 nitrogen and oxygen atoms in total. The third-order valence-electron chi connectivity index (χ3n) is 3.55. The number of methoxy groups -OCH3 is 1. The summed E-state index contributed by atoms with van der Waals surface area (Å²) in [7, 11) is -2.19. The van der Waals surface area contributed by atoms with Gasteiger partial charge in [0.25, 0.3) is 10.0 Å². The van der Waals surface area contributed by atoms with Gasteiger partial charge in [0.15, 0.2) is 0 Å². The minimum Gasteiger partial charge on any atom is -0.495 e. The molecule has 2 rings (SSSR count). The Labute approximate surface area is 148 Å². The van der Waals surface area contributed by atoms with E-state index >= 15 is 0 Å². The van der Waals surface area contributed by atoms with E-state index < -0.39 is 10.0 Å². The van der Waals surface area contributed by atoms with E-state index in [0.717, 1.165) is 10.5 Å². The molecule has 0 N–H and O–H groups in total. The molecule has 0 amide bonds. The average molecular weight is 364 g/mol. The van der Waals surface area contributed by atoms with Gasteiger partial charge in [-0.1, -0.05) is 12.1 Å². The maximum atomic E-state index is 13.1. The van der Waals surface area contributed by atoms with Crippen LogP contribution in [0.4, 0.5) is 5.69 Å². The van der Waals surface area contributed by atoms with E-state index in [1.807, 2.05) is 19.2 Å². The lowest BCUT2D eigenvalue weighted by Gasteiger charge is -2.25. The Morgan fingerprint density at radius 2 is 1.88 bits per heavy atom. The Bertz CT molecular complexity index is 815. The van der Waals surface area contributed by atoms with Crippen molar-refractivity contribution in [1.29, 1.82) is 0 Å². The predicted molar refractivity (Wildman–Crippen MR) is 101 cm³/mol. The number of ether oxygens (including phenoxy) is 1. The van der Waals surface area contributed by atoms with Crippen LogP contribution >= 0.6 is 11.8 Å². The van der Waals surface area contributed by atoms with Crippen LogP contribution < -0.4 is 9.04 Å². The molecule has 0 bridgehead atoms. The summed E-state index contributed by atoms with van der Waals surface area (Å²) in [5.74, 6) is 0.506. The zero-order chi connectivity index (χ0) is 17.7. The Morgan fingerprint density at radius 3 is 2.42 bits per heavy atom. The molecule has 0 saturated heterocycles. The monoisotopic (exact) mass is 363 g/mol. The van der Waals surface area contributed by atoms with Gasteiger partial charge in [-0.25, -0.2) is 8.42 Å². The summed E-state index contributed by atoms with van der Waals surface area (Å²) >= 11 is 1.57. The summed E-state index contributed by atoms with van der Waals surface area (Å²) in [6, 6.07) is 12.3. The first-order valence-electron chi connectivity index (χ1n) is 7.36. The second kappa shape index (κ2) is 7.77. The number of aryl methyl sites for hydroxylation is 1. The second-order valence-electron chi connectivity index (χ2n) is 5.18. The molecule has 2 aromatic rings. The number of hydrogen-bond acceptors (Lipinski definition) is 4. The molecule has 0 spiro atoms. The van der Waals surface area contributed by atoms with Gasteiger partial charge in [-0.05, 0) is 55.1 Å². The number of hydrogen-bond donors (Lipinski definition) is 0. The van der Waals surface area contributed by atoms with E-state index in [2.05, 4.69) is 6.58 Å². The molecular formula is C18H21NO3S2. The molecule has 24 heavy (non-hydrogen) atoms. The molecule has 6 heteroatoms. The summed E-state index contributed by atoms with van der Waals surface area (Å²) < 4.78 is 32.9. The average Bonchev–Trinajstić information content (AvgIpc) is 2.59. The Balaban J connectivity index is 2.56. The van der Waals surface area contributed by atoms with Crippen LogP contribution in [0.15, 0.2) is 64.9 Å². The maximum Gasteiger partial charge on any atom is 0.264 e. The van der Waals surface area contributed by atoms with Gasteiger partial charge in [0.05, 0.1) is 24.2 Å². The SMILES string of the molecule is C=CCN(c1cc(C)ccc1OC)S(=O)(=O)c1ccc(SC)cc1. The lowest BCUT2D eigenvalue weighted by Crippen LogP contribution is -2.31. The molecule has 0 radical (unpaired) electrons. The third kappa shape index (κ3) is 3.76. The minimum absolute atomic E-state index is 0.159. The molecule has 0 aliphatic heterocycles. The minimum atomic E-state index is -3.72. The van der Waals surface area contributed by atoms with Crippen LogP contribution in [0.2, 0.25) is 0 Å². The maximum absolute atomic E-state index is 13.1. The third-order valence-corrected chi connectivity index (χ3v) is 6.08. The first-order valence-corrected chi connectivity index (χ1v) is 10.0. The van der Waals surface area contributed by atoms with E-state index in [1.54, 1.807) is 54.2 Å². The zero-order valence-corrected chi connectivity index (χ0v) is 15.7. The van der Waals surface area contributed by atoms with Gasteiger partial charge in [-0.2, -0.15) is 0 Å². The highest BCUT2D eigenvalue weighted by Crippen LogP contribution is 2.33. The molecule has 0 saturated carbocycles. The van der Waals surface area contributed by atoms with Gasteiger partial charge in [-0.15, -0.1) is 18.3 Å². The number of anilines is 1. The van der Waals surface area contributed by atoms with Gasteiger partial charge in [0.2, 0.25) is 0 Å². The Kier molecular flexibility index (Phi) is 5.96. The number of rotatable bonds is 7. The van der Waals surface area contributed by atoms with Crippen molar-refractivity contribution in [3.8, 4) is 5.75 Å². The summed E-state index contributed by atoms with van der Waals surface area (Å²) in [5.41, 5.74) is 1.46. The second-order valence-corrected chi connectivity index (χ2v) is 7.92. The lowest BCUT2D eigenvalue weighted by molar-refractivity contribution is 0.415. The molecule has 0 aliphatic rings. The van der Waals surface area contributed by atoms with Gasteiger partial charge in [0.1, 0.15) is 5.75 Å². The van der Waals surface area contributed by atoms with Crippen molar-refractivity contribution in [1.82, 2.24) is 0 Å². The molecule has 0 heterocycles. The molecular weight excluding hydrogens is 342 g/mol. The molecule has 0 unspecified atom stereocenters. The van der Waals surface area contributed by atoms with Crippen LogP contribution in [0.25, 0.3) is 0 Å². The molecule has 2 aromatic carbocycles. The lowest BCUT2D eigenvalue weighted by atomic mass is 10.2. The van der Waals surface area contributed by atoms with Crippen LogP contribution in [0, 0.1) is 6.92 Å². The smallest absolute Gasteiger partial charge is 0.264 e. The molecule has 0 atom stereocenters. The van der Waals surface area contributed by atoms with Crippen molar-refractivity contribution >= 4 is 27.5 Å².